The average Bonchev–Trinajstić information content (AvgIpc) is 2.27. The SMILES string of the molecule is COc1cc(/C=C/[N+](=O)[O-])cc(OC)c1C. The molecular formula is C11H13NO4. The number of nitrogens with zero attached hydrogens (tertiary/aromatic N) is 1. The molecule has 0 unspecified atom stereocenters. The summed E-state index contributed by atoms with van der Waals surface area (Å²) in [4.78, 5) is 9.69. The Bertz CT molecular complexity index is 401. The largest absolute Gasteiger partial charge is 0.496 e. The van der Waals surface area contributed by atoms with Gasteiger partial charge in [-0.15, -0.1) is 0 Å². The Hall–Kier alpha value is -2.04. The summed E-state index contributed by atoms with van der Waals surface area (Å²) in [6.45, 7) is 1.86. The van der Waals surface area contributed by atoms with Gasteiger partial charge in [-0.25, -0.2) is 0 Å². The Labute approximate surface area is 93.4 Å². The van der Waals surface area contributed by atoms with Crippen LogP contribution < -0.4 is 9.47 Å². The Morgan fingerprint density at radius 1 is 1.25 bits per heavy atom. The van der Waals surface area contributed by atoms with Crippen LogP contribution in [0.5, 0.6) is 11.5 Å². The third-order valence-electron chi connectivity index (χ3n) is 2.16. The molecule has 0 aliphatic rings. The van der Waals surface area contributed by atoms with E-state index < -0.39 is 4.92 Å². The van der Waals surface area contributed by atoms with Crippen LogP contribution in [0.3, 0.4) is 0 Å². The predicted octanol–water partition coefficient (Wildman–Crippen LogP) is 2.26. The van der Waals surface area contributed by atoms with Crippen LogP contribution in [0.2, 0.25) is 0 Å². The molecule has 0 amide bonds. The van der Waals surface area contributed by atoms with Crippen molar-refractivity contribution in [1.82, 2.24) is 0 Å². The van der Waals surface area contributed by atoms with Gasteiger partial charge in [-0.05, 0) is 24.6 Å². The Kier molecular flexibility index (Phi) is 3.88. The second kappa shape index (κ2) is 5.16. The first-order chi connectivity index (χ1) is 7.58. The molecule has 1 aromatic carbocycles. The van der Waals surface area contributed by atoms with Crippen molar-refractivity contribution >= 4 is 6.08 Å². The van der Waals surface area contributed by atoms with Gasteiger partial charge in [-0.1, -0.05) is 0 Å². The fraction of sp³-hybridized carbons (Fsp3) is 0.273. The number of nitro groups is 1. The molecule has 0 saturated carbocycles. The van der Waals surface area contributed by atoms with Crippen molar-refractivity contribution in [3.05, 3.63) is 39.6 Å². The van der Waals surface area contributed by atoms with Gasteiger partial charge in [0.05, 0.1) is 19.1 Å². The van der Waals surface area contributed by atoms with E-state index in [2.05, 4.69) is 0 Å². The van der Waals surface area contributed by atoms with E-state index in [1.54, 1.807) is 26.4 Å². The van der Waals surface area contributed by atoms with E-state index in [9.17, 15) is 10.1 Å². The zero-order chi connectivity index (χ0) is 12.1. The zero-order valence-corrected chi connectivity index (χ0v) is 9.39. The monoisotopic (exact) mass is 223 g/mol. The summed E-state index contributed by atoms with van der Waals surface area (Å²) >= 11 is 0. The van der Waals surface area contributed by atoms with Crippen LogP contribution in [0.4, 0.5) is 0 Å². The van der Waals surface area contributed by atoms with E-state index in [0.29, 0.717) is 17.1 Å². The van der Waals surface area contributed by atoms with Gasteiger partial charge in [0, 0.05) is 11.6 Å². The van der Waals surface area contributed by atoms with Crippen molar-refractivity contribution in [1.29, 1.82) is 0 Å². The molecule has 1 rings (SSSR count). The maximum atomic E-state index is 10.2. The molecule has 0 bridgehead atoms. The molecule has 1 aromatic rings. The molecule has 0 N–H and O–H groups in total. The summed E-state index contributed by atoms with van der Waals surface area (Å²) < 4.78 is 10.3. The third kappa shape index (κ3) is 2.73. The normalized spacial score (nSPS) is 10.4. The van der Waals surface area contributed by atoms with Gasteiger partial charge in [-0.3, -0.25) is 10.1 Å². The number of methoxy groups -OCH3 is 2. The first kappa shape index (κ1) is 12.0. The molecular weight excluding hydrogens is 210 g/mol. The Morgan fingerprint density at radius 3 is 2.12 bits per heavy atom. The molecule has 0 atom stereocenters. The maximum Gasteiger partial charge on any atom is 0.235 e. The van der Waals surface area contributed by atoms with E-state index in [0.717, 1.165) is 11.8 Å². The summed E-state index contributed by atoms with van der Waals surface area (Å²) in [5.41, 5.74) is 1.53. The standard InChI is InChI=1S/C11H13NO4/c1-8-10(15-2)6-9(4-5-12(13)14)7-11(8)16-3/h4-7H,1-3H3/b5-4+. The number of ether oxygens (including phenoxy) is 2. The van der Waals surface area contributed by atoms with Crippen LogP contribution in [0.25, 0.3) is 6.08 Å². The molecule has 86 valence electrons. The highest BCUT2D eigenvalue weighted by Gasteiger charge is 2.07. The Morgan fingerprint density at radius 2 is 1.75 bits per heavy atom. The summed E-state index contributed by atoms with van der Waals surface area (Å²) in [6.07, 6.45) is 2.27. The molecule has 0 heterocycles. The van der Waals surface area contributed by atoms with Crippen LogP contribution in [0.1, 0.15) is 11.1 Å². The number of rotatable bonds is 4. The van der Waals surface area contributed by atoms with Crippen LogP contribution in [0.15, 0.2) is 18.3 Å². The predicted molar refractivity (Wildman–Crippen MR) is 60.3 cm³/mol. The van der Waals surface area contributed by atoms with Gasteiger partial charge in [-0.2, -0.15) is 0 Å². The van der Waals surface area contributed by atoms with E-state index in [1.807, 2.05) is 6.92 Å². The highest BCUT2D eigenvalue weighted by Crippen LogP contribution is 2.29. The van der Waals surface area contributed by atoms with Crippen molar-refractivity contribution in [3.8, 4) is 11.5 Å². The lowest BCUT2D eigenvalue weighted by Gasteiger charge is -2.10. The summed E-state index contributed by atoms with van der Waals surface area (Å²) in [6, 6.07) is 3.44. The number of hydrogen-bond acceptors (Lipinski definition) is 4. The summed E-state index contributed by atoms with van der Waals surface area (Å²) in [5, 5.41) is 10.2. The van der Waals surface area contributed by atoms with Crippen molar-refractivity contribution in [2.75, 3.05) is 14.2 Å². The van der Waals surface area contributed by atoms with Crippen LogP contribution in [-0.4, -0.2) is 19.1 Å². The van der Waals surface area contributed by atoms with Crippen molar-refractivity contribution in [3.63, 3.8) is 0 Å². The average molecular weight is 223 g/mol. The van der Waals surface area contributed by atoms with E-state index >= 15 is 0 Å². The van der Waals surface area contributed by atoms with Crippen molar-refractivity contribution in [2.24, 2.45) is 0 Å². The van der Waals surface area contributed by atoms with Gasteiger partial charge in [0.15, 0.2) is 0 Å². The van der Waals surface area contributed by atoms with Gasteiger partial charge >= 0.3 is 0 Å². The molecule has 0 fully saturated rings. The van der Waals surface area contributed by atoms with Gasteiger partial charge < -0.3 is 9.47 Å². The molecule has 0 aliphatic carbocycles. The van der Waals surface area contributed by atoms with Crippen LogP contribution in [-0.2, 0) is 0 Å². The highest BCUT2D eigenvalue weighted by molar-refractivity contribution is 5.58. The van der Waals surface area contributed by atoms with Gasteiger partial charge in [0.1, 0.15) is 11.5 Å². The van der Waals surface area contributed by atoms with E-state index in [-0.39, 0.29) is 0 Å². The van der Waals surface area contributed by atoms with Crippen LogP contribution in [0, 0.1) is 17.0 Å². The minimum Gasteiger partial charge on any atom is -0.496 e. The first-order valence-electron chi connectivity index (χ1n) is 4.62. The molecule has 0 aliphatic heterocycles. The second-order valence-electron chi connectivity index (χ2n) is 3.15. The van der Waals surface area contributed by atoms with E-state index in [4.69, 9.17) is 9.47 Å². The lowest BCUT2D eigenvalue weighted by atomic mass is 10.1. The quantitative estimate of drug-likeness (QED) is 0.580. The van der Waals surface area contributed by atoms with Crippen LogP contribution >= 0.6 is 0 Å². The molecule has 0 spiro atoms. The number of benzene rings is 1. The van der Waals surface area contributed by atoms with E-state index in [1.165, 1.54) is 6.08 Å². The van der Waals surface area contributed by atoms with Crippen molar-refractivity contribution in [2.45, 2.75) is 6.92 Å². The molecule has 0 saturated heterocycles. The van der Waals surface area contributed by atoms with Crippen molar-refractivity contribution < 1.29 is 14.4 Å². The lowest BCUT2D eigenvalue weighted by molar-refractivity contribution is -0.400. The fourth-order valence-electron chi connectivity index (χ4n) is 1.35. The zero-order valence-electron chi connectivity index (χ0n) is 9.39. The molecule has 16 heavy (non-hydrogen) atoms. The maximum absolute atomic E-state index is 10.2. The smallest absolute Gasteiger partial charge is 0.235 e. The Balaban J connectivity index is 3.16. The minimum atomic E-state index is -0.515. The lowest BCUT2D eigenvalue weighted by Crippen LogP contribution is -1.93. The molecule has 0 aromatic heterocycles. The number of hydrogen-bond donors (Lipinski definition) is 0. The highest BCUT2D eigenvalue weighted by atomic mass is 16.6. The topological polar surface area (TPSA) is 61.6 Å². The fourth-order valence-corrected chi connectivity index (χ4v) is 1.35. The van der Waals surface area contributed by atoms with Gasteiger partial charge in [0.2, 0.25) is 6.20 Å². The summed E-state index contributed by atoms with van der Waals surface area (Å²) in [5.74, 6) is 1.28. The minimum absolute atomic E-state index is 0.515. The second-order valence-corrected chi connectivity index (χ2v) is 3.15. The molecule has 5 heteroatoms. The van der Waals surface area contributed by atoms with Gasteiger partial charge in [0.25, 0.3) is 0 Å². The molecule has 5 nitrogen and oxygen atoms in total. The first-order valence-corrected chi connectivity index (χ1v) is 4.62. The third-order valence-corrected chi connectivity index (χ3v) is 2.16. The molecule has 0 radical (unpaired) electrons. The summed E-state index contributed by atoms with van der Waals surface area (Å²) in [7, 11) is 3.09.